The highest BCUT2D eigenvalue weighted by molar-refractivity contribution is 5.97. The quantitative estimate of drug-likeness (QED) is 0.622. The first-order valence-corrected chi connectivity index (χ1v) is 9.89. The number of carboxylic acid groups (broad SMARTS) is 1. The van der Waals surface area contributed by atoms with Crippen molar-refractivity contribution in [2.45, 2.75) is 18.9 Å². The number of amides is 1. The van der Waals surface area contributed by atoms with Gasteiger partial charge in [0.05, 0.1) is 19.2 Å². The average Bonchev–Trinajstić information content (AvgIpc) is 3.59. The second-order valence-electron chi connectivity index (χ2n) is 7.49. The average molecular weight is 401 g/mol. The van der Waals surface area contributed by atoms with E-state index in [4.69, 9.17) is 4.74 Å². The number of benzene rings is 3. The van der Waals surface area contributed by atoms with Crippen LogP contribution in [0.25, 0.3) is 0 Å². The Labute approximate surface area is 175 Å². The van der Waals surface area contributed by atoms with Crippen molar-refractivity contribution in [1.82, 2.24) is 0 Å². The molecule has 0 aliphatic heterocycles. The fraction of sp³-hybridized carbons (Fsp3) is 0.200. The highest BCUT2D eigenvalue weighted by Crippen LogP contribution is 2.49. The van der Waals surface area contributed by atoms with Crippen LogP contribution in [0.15, 0.2) is 78.9 Å². The van der Waals surface area contributed by atoms with Gasteiger partial charge < -0.3 is 14.7 Å². The molecule has 2 unspecified atom stereocenters. The summed E-state index contributed by atoms with van der Waals surface area (Å²) in [4.78, 5) is 26.5. The van der Waals surface area contributed by atoms with E-state index in [9.17, 15) is 14.7 Å². The molecule has 0 saturated heterocycles. The summed E-state index contributed by atoms with van der Waals surface area (Å²) in [5.74, 6) is -0.0652. The number of hydrogen-bond acceptors (Lipinski definition) is 3. The summed E-state index contributed by atoms with van der Waals surface area (Å²) in [6.45, 7) is 0.325. The van der Waals surface area contributed by atoms with Gasteiger partial charge in [-0.3, -0.25) is 4.79 Å². The number of methoxy groups -OCH3 is 1. The SMILES string of the molecule is COc1cccc(C2CC2C(=O)N(Cc2cccc(C(=O)O)c2)c2ccccc2)c1. The highest BCUT2D eigenvalue weighted by Gasteiger charge is 2.46. The number of aromatic carboxylic acids is 1. The maximum atomic E-state index is 13.4. The predicted octanol–water partition coefficient (Wildman–Crippen LogP) is 4.73. The first-order valence-electron chi connectivity index (χ1n) is 9.89. The molecular weight excluding hydrogens is 378 g/mol. The van der Waals surface area contributed by atoms with Crippen LogP contribution in [-0.2, 0) is 11.3 Å². The van der Waals surface area contributed by atoms with Crippen molar-refractivity contribution in [3.05, 3.63) is 95.6 Å². The van der Waals surface area contributed by atoms with E-state index in [0.29, 0.717) is 6.54 Å². The molecule has 3 aromatic rings. The van der Waals surface area contributed by atoms with Crippen LogP contribution in [0, 0.1) is 5.92 Å². The molecule has 1 aliphatic rings. The Kier molecular flexibility index (Phi) is 5.53. The number of anilines is 1. The molecule has 1 saturated carbocycles. The summed E-state index contributed by atoms with van der Waals surface area (Å²) in [5, 5.41) is 9.28. The summed E-state index contributed by atoms with van der Waals surface area (Å²) < 4.78 is 5.31. The zero-order valence-corrected chi connectivity index (χ0v) is 16.7. The van der Waals surface area contributed by atoms with Crippen molar-refractivity contribution in [2.24, 2.45) is 5.92 Å². The molecule has 0 spiro atoms. The lowest BCUT2D eigenvalue weighted by Crippen LogP contribution is -2.32. The largest absolute Gasteiger partial charge is 0.497 e. The van der Waals surface area contributed by atoms with Gasteiger partial charge in [0.1, 0.15) is 5.75 Å². The van der Waals surface area contributed by atoms with Crippen LogP contribution in [0.4, 0.5) is 5.69 Å². The molecule has 0 aromatic heterocycles. The predicted molar refractivity (Wildman–Crippen MR) is 115 cm³/mol. The molecule has 0 radical (unpaired) electrons. The van der Waals surface area contributed by atoms with Gasteiger partial charge in [0, 0.05) is 11.6 Å². The smallest absolute Gasteiger partial charge is 0.335 e. The third-order valence-corrected chi connectivity index (χ3v) is 5.48. The number of carbonyl (C=O) groups is 2. The minimum atomic E-state index is -0.977. The van der Waals surface area contributed by atoms with Gasteiger partial charge in [0.25, 0.3) is 0 Å². The number of nitrogens with zero attached hydrogens (tertiary/aromatic N) is 1. The third-order valence-electron chi connectivity index (χ3n) is 5.48. The maximum Gasteiger partial charge on any atom is 0.335 e. The summed E-state index contributed by atoms with van der Waals surface area (Å²) in [6, 6.07) is 24.1. The Morgan fingerprint density at radius 3 is 2.50 bits per heavy atom. The molecule has 30 heavy (non-hydrogen) atoms. The van der Waals surface area contributed by atoms with E-state index >= 15 is 0 Å². The van der Waals surface area contributed by atoms with Crippen molar-refractivity contribution in [3.8, 4) is 5.75 Å². The number of carboxylic acids is 1. The lowest BCUT2D eigenvalue weighted by molar-refractivity contribution is -0.120. The van der Waals surface area contributed by atoms with Crippen molar-refractivity contribution in [1.29, 1.82) is 0 Å². The number of carbonyl (C=O) groups excluding carboxylic acids is 1. The Bertz CT molecular complexity index is 1060. The molecule has 0 heterocycles. The summed E-state index contributed by atoms with van der Waals surface area (Å²) in [7, 11) is 1.64. The number of hydrogen-bond donors (Lipinski definition) is 1. The van der Waals surface area contributed by atoms with Gasteiger partial charge in [-0.25, -0.2) is 4.79 Å². The van der Waals surface area contributed by atoms with Crippen LogP contribution < -0.4 is 9.64 Å². The topological polar surface area (TPSA) is 66.8 Å². The van der Waals surface area contributed by atoms with Crippen LogP contribution in [0.5, 0.6) is 5.75 Å². The van der Waals surface area contributed by atoms with Crippen molar-refractivity contribution < 1.29 is 19.4 Å². The van der Waals surface area contributed by atoms with E-state index in [2.05, 4.69) is 0 Å². The molecule has 0 bridgehead atoms. The lowest BCUT2D eigenvalue weighted by Gasteiger charge is -2.23. The first kappa shape index (κ1) is 19.7. The van der Waals surface area contributed by atoms with Gasteiger partial charge >= 0.3 is 5.97 Å². The summed E-state index contributed by atoms with van der Waals surface area (Å²) >= 11 is 0. The zero-order chi connectivity index (χ0) is 21.1. The van der Waals surface area contributed by atoms with Gasteiger partial charge in [-0.15, -0.1) is 0 Å². The van der Waals surface area contributed by atoms with Crippen LogP contribution in [0.2, 0.25) is 0 Å². The minimum Gasteiger partial charge on any atom is -0.497 e. The Balaban J connectivity index is 1.58. The van der Waals surface area contributed by atoms with Crippen molar-refractivity contribution in [3.63, 3.8) is 0 Å². The second-order valence-corrected chi connectivity index (χ2v) is 7.49. The Hall–Kier alpha value is -3.60. The molecule has 5 heteroatoms. The third kappa shape index (κ3) is 4.20. The monoisotopic (exact) mass is 401 g/mol. The van der Waals surface area contributed by atoms with E-state index in [0.717, 1.165) is 29.0 Å². The number of ether oxygens (including phenoxy) is 1. The van der Waals surface area contributed by atoms with E-state index in [-0.39, 0.29) is 23.3 Å². The maximum absolute atomic E-state index is 13.4. The van der Waals surface area contributed by atoms with Gasteiger partial charge in [-0.2, -0.15) is 0 Å². The van der Waals surface area contributed by atoms with Gasteiger partial charge in [-0.05, 0) is 59.9 Å². The van der Waals surface area contributed by atoms with Crippen molar-refractivity contribution >= 4 is 17.6 Å². The van der Waals surface area contributed by atoms with E-state index in [1.165, 1.54) is 0 Å². The van der Waals surface area contributed by atoms with Crippen LogP contribution in [-0.4, -0.2) is 24.1 Å². The summed E-state index contributed by atoms with van der Waals surface area (Å²) in [5.41, 5.74) is 2.91. The van der Waals surface area contributed by atoms with Crippen LogP contribution in [0.1, 0.15) is 33.8 Å². The first-order chi connectivity index (χ1) is 14.6. The molecule has 1 fully saturated rings. The van der Waals surface area contributed by atoms with Crippen LogP contribution >= 0.6 is 0 Å². The van der Waals surface area contributed by atoms with Crippen molar-refractivity contribution in [2.75, 3.05) is 12.0 Å². The molecule has 1 N–H and O–H groups in total. The highest BCUT2D eigenvalue weighted by atomic mass is 16.5. The number of para-hydroxylation sites is 1. The Morgan fingerprint density at radius 1 is 1.00 bits per heavy atom. The molecule has 4 rings (SSSR count). The molecular formula is C25H23NO4. The van der Waals surface area contributed by atoms with E-state index in [1.807, 2.05) is 60.7 Å². The molecule has 1 aliphatic carbocycles. The van der Waals surface area contributed by atoms with Gasteiger partial charge in [0.2, 0.25) is 5.91 Å². The molecule has 1 amide bonds. The fourth-order valence-electron chi connectivity index (χ4n) is 3.80. The number of rotatable bonds is 7. The fourth-order valence-corrected chi connectivity index (χ4v) is 3.80. The molecule has 3 aromatic carbocycles. The lowest BCUT2D eigenvalue weighted by atomic mass is 10.1. The van der Waals surface area contributed by atoms with Gasteiger partial charge in [0.15, 0.2) is 0 Å². The normalized spacial score (nSPS) is 17.2. The zero-order valence-electron chi connectivity index (χ0n) is 16.7. The Morgan fingerprint density at radius 2 is 1.77 bits per heavy atom. The molecule has 152 valence electrons. The van der Waals surface area contributed by atoms with Crippen LogP contribution in [0.3, 0.4) is 0 Å². The second kappa shape index (κ2) is 8.41. The molecule has 5 nitrogen and oxygen atoms in total. The van der Waals surface area contributed by atoms with E-state index in [1.54, 1.807) is 30.2 Å². The van der Waals surface area contributed by atoms with E-state index < -0.39 is 5.97 Å². The van der Waals surface area contributed by atoms with Gasteiger partial charge in [-0.1, -0.05) is 42.5 Å². The standard InChI is InChI=1S/C25H23NO4/c1-30-21-12-6-8-18(14-21)22-15-23(22)24(27)26(20-10-3-2-4-11-20)16-17-7-5-9-19(13-17)25(28)29/h2-14,22-23H,15-16H2,1H3,(H,28,29). The molecule has 2 atom stereocenters. The minimum absolute atomic E-state index is 0.0507. The summed E-state index contributed by atoms with van der Waals surface area (Å²) in [6.07, 6.45) is 0.796.